The molecule has 4 aliphatic heterocycles. The van der Waals surface area contributed by atoms with E-state index in [1.54, 1.807) is 4.68 Å². The van der Waals surface area contributed by atoms with E-state index < -0.39 is 7.04 Å². The normalized spacial score (nSPS) is 30.7. The van der Waals surface area contributed by atoms with Gasteiger partial charge in [-0.2, -0.15) is 20.1 Å². The minimum atomic E-state index is -2.43. The zero-order valence-corrected chi connectivity index (χ0v) is 22.2. The van der Waals surface area contributed by atoms with Gasteiger partial charge in [-0.15, -0.1) is 0 Å². The van der Waals surface area contributed by atoms with Gasteiger partial charge in [0.15, 0.2) is 17.2 Å². The van der Waals surface area contributed by atoms with E-state index in [9.17, 15) is 5.26 Å². The third-order valence-electron chi connectivity index (χ3n) is 8.78. The summed E-state index contributed by atoms with van der Waals surface area (Å²) in [4.78, 5) is 9.78. The number of aromatic nitrogens is 5. The lowest BCUT2D eigenvalue weighted by Gasteiger charge is -2.40. The standard InChI is InChI=1S/C28H36N8O3/c1-18-13-21(37-2)8-10-33(18)23-14-25(35-19-6-7-20(35)17-38-16-19)30-28-27(23)22(15-29)31-36(28)24-9-11-34(32-24)26-5-3-4-12-39-26/h9,11,14,18-21,26H,3-8,10,12-13,16-17H2,1-2H3/t18-,19?,20?,21?,26?/m1/s1/i2D3. The lowest BCUT2D eigenvalue weighted by molar-refractivity contribution is -0.0395. The number of methoxy groups -OCH3 is 1. The number of nitrogens with zero attached hydrogens (tertiary/aromatic N) is 8. The van der Waals surface area contributed by atoms with E-state index in [0.29, 0.717) is 56.1 Å². The molecule has 11 heteroatoms. The monoisotopic (exact) mass is 535 g/mol. The van der Waals surface area contributed by atoms with Gasteiger partial charge in [0, 0.05) is 44.6 Å². The fourth-order valence-corrected chi connectivity index (χ4v) is 6.81. The smallest absolute Gasteiger partial charge is 0.177 e. The molecular weight excluding hydrogens is 496 g/mol. The van der Waals surface area contributed by atoms with Crippen LogP contribution in [-0.4, -0.2) is 82.2 Å². The quantitative estimate of drug-likeness (QED) is 0.485. The Labute approximate surface area is 232 Å². The number of pyridine rings is 1. The van der Waals surface area contributed by atoms with Gasteiger partial charge in [-0.1, -0.05) is 0 Å². The van der Waals surface area contributed by atoms with Gasteiger partial charge in [0.05, 0.1) is 46.6 Å². The Balaban J connectivity index is 1.33. The van der Waals surface area contributed by atoms with Crippen molar-refractivity contribution in [3.63, 3.8) is 0 Å². The molecular formula is C28H36N8O3. The van der Waals surface area contributed by atoms with E-state index in [1.165, 1.54) is 0 Å². The lowest BCUT2D eigenvalue weighted by Crippen LogP contribution is -2.47. The number of anilines is 2. The van der Waals surface area contributed by atoms with E-state index in [2.05, 4.69) is 28.9 Å². The molecule has 0 radical (unpaired) electrons. The van der Waals surface area contributed by atoms with Crippen molar-refractivity contribution in [2.24, 2.45) is 0 Å². The van der Waals surface area contributed by atoms with Gasteiger partial charge in [0.1, 0.15) is 18.1 Å². The average molecular weight is 536 g/mol. The molecule has 39 heavy (non-hydrogen) atoms. The van der Waals surface area contributed by atoms with Crippen LogP contribution in [0.5, 0.6) is 0 Å². The van der Waals surface area contributed by atoms with Crippen molar-refractivity contribution in [3.8, 4) is 11.9 Å². The first-order valence-corrected chi connectivity index (χ1v) is 14.1. The maximum atomic E-state index is 10.2. The second kappa shape index (κ2) is 10.1. The number of morpholine rings is 1. The van der Waals surface area contributed by atoms with Crippen molar-refractivity contribution >= 4 is 22.5 Å². The van der Waals surface area contributed by atoms with E-state index in [4.69, 9.17) is 33.5 Å². The molecule has 206 valence electrons. The first-order chi connectivity index (χ1) is 20.3. The molecule has 0 aliphatic carbocycles. The van der Waals surface area contributed by atoms with Gasteiger partial charge in [-0.25, -0.2) is 9.67 Å². The Bertz CT molecular complexity index is 1480. The van der Waals surface area contributed by atoms with Crippen molar-refractivity contribution in [2.75, 3.05) is 43.2 Å². The molecule has 11 nitrogen and oxygen atoms in total. The van der Waals surface area contributed by atoms with Crippen LogP contribution in [0.25, 0.3) is 16.9 Å². The summed E-state index contributed by atoms with van der Waals surface area (Å²) in [5.41, 5.74) is 1.73. The third kappa shape index (κ3) is 4.26. The van der Waals surface area contributed by atoms with Crippen LogP contribution in [0, 0.1) is 11.3 Å². The zero-order valence-electron chi connectivity index (χ0n) is 25.2. The summed E-state index contributed by atoms with van der Waals surface area (Å²) in [7, 11) is -2.43. The summed E-state index contributed by atoms with van der Waals surface area (Å²) in [5, 5.41) is 20.5. The molecule has 4 aliphatic rings. The number of hydrogen-bond donors (Lipinski definition) is 0. The molecule has 3 aromatic rings. The summed E-state index contributed by atoms with van der Waals surface area (Å²) in [5.74, 6) is 1.41. The van der Waals surface area contributed by atoms with Crippen molar-refractivity contribution in [1.29, 1.82) is 5.26 Å². The summed E-state index contributed by atoms with van der Waals surface area (Å²) < 4.78 is 43.4. The molecule has 0 amide bonds. The molecule has 0 N–H and O–H groups in total. The van der Waals surface area contributed by atoms with Gasteiger partial charge in [0.25, 0.3) is 0 Å². The maximum absolute atomic E-state index is 10.2. The van der Waals surface area contributed by atoms with Gasteiger partial charge >= 0.3 is 0 Å². The molecule has 3 aromatic heterocycles. The Hall–Kier alpha value is -3.20. The number of nitriles is 1. The van der Waals surface area contributed by atoms with E-state index in [1.807, 2.05) is 16.9 Å². The minimum absolute atomic E-state index is 0.0245. The van der Waals surface area contributed by atoms with Crippen LogP contribution in [0.2, 0.25) is 0 Å². The molecule has 2 bridgehead atoms. The zero-order chi connectivity index (χ0) is 29.0. The lowest BCUT2D eigenvalue weighted by atomic mass is 9.99. The summed E-state index contributed by atoms with van der Waals surface area (Å²) in [6.07, 6.45) is 7.67. The fourth-order valence-electron chi connectivity index (χ4n) is 6.81. The molecule has 0 aromatic carbocycles. The molecule has 4 fully saturated rings. The first kappa shape index (κ1) is 21.6. The van der Waals surface area contributed by atoms with E-state index in [0.717, 1.165) is 43.6 Å². The highest BCUT2D eigenvalue weighted by Gasteiger charge is 2.39. The van der Waals surface area contributed by atoms with Crippen molar-refractivity contribution in [1.82, 2.24) is 24.5 Å². The van der Waals surface area contributed by atoms with Gasteiger partial charge in [-0.3, -0.25) is 0 Å². The largest absolute Gasteiger partial charge is 0.381 e. The minimum Gasteiger partial charge on any atom is -0.381 e. The number of fused-ring (bicyclic) bond motifs is 3. The Morgan fingerprint density at radius 3 is 2.74 bits per heavy atom. The second-order valence-corrected chi connectivity index (χ2v) is 11.2. The molecule has 0 saturated carbocycles. The van der Waals surface area contributed by atoms with Crippen molar-refractivity contribution in [2.45, 2.75) is 82.3 Å². The second-order valence-electron chi connectivity index (χ2n) is 11.2. The number of rotatable bonds is 5. The molecule has 4 unspecified atom stereocenters. The number of piperidine rings is 1. The van der Waals surface area contributed by atoms with E-state index >= 15 is 0 Å². The summed E-state index contributed by atoms with van der Waals surface area (Å²) in [6.45, 7) is 4.69. The molecule has 7 heterocycles. The molecule has 0 spiro atoms. The summed E-state index contributed by atoms with van der Waals surface area (Å²) in [6, 6.07) is 6.74. The van der Waals surface area contributed by atoms with Gasteiger partial charge in [-0.05, 0) is 51.9 Å². The van der Waals surface area contributed by atoms with Crippen LogP contribution < -0.4 is 9.80 Å². The Morgan fingerprint density at radius 1 is 1.13 bits per heavy atom. The molecule has 5 atom stereocenters. The van der Waals surface area contributed by atoms with Gasteiger partial charge in [0.2, 0.25) is 0 Å². The highest BCUT2D eigenvalue weighted by Crippen LogP contribution is 2.40. The van der Waals surface area contributed by atoms with Crippen molar-refractivity contribution < 1.29 is 18.3 Å². The SMILES string of the molecule is [2H]C([2H])([2H])OC1CCN(c2cc(N3C4CCC3COC4)nc3c2c(C#N)nn3-c2ccn(C3CCCCO3)n2)[C@H](C)C1. The summed E-state index contributed by atoms with van der Waals surface area (Å²) >= 11 is 0. The number of hydrogen-bond acceptors (Lipinski definition) is 9. The van der Waals surface area contributed by atoms with Crippen LogP contribution >= 0.6 is 0 Å². The average Bonchev–Trinajstić information content (AvgIpc) is 3.66. The van der Waals surface area contributed by atoms with Crippen LogP contribution in [0.1, 0.15) is 67.9 Å². The van der Waals surface area contributed by atoms with Gasteiger partial charge < -0.3 is 24.0 Å². The fraction of sp³-hybridized carbons (Fsp3) is 0.643. The third-order valence-corrected chi connectivity index (χ3v) is 8.78. The Kier molecular flexibility index (Phi) is 5.58. The molecule has 4 saturated heterocycles. The van der Waals surface area contributed by atoms with Crippen LogP contribution in [0.15, 0.2) is 18.3 Å². The predicted molar refractivity (Wildman–Crippen MR) is 145 cm³/mol. The number of ether oxygens (including phenoxy) is 3. The first-order valence-electron chi connectivity index (χ1n) is 15.6. The predicted octanol–water partition coefficient (Wildman–Crippen LogP) is 3.56. The highest BCUT2D eigenvalue weighted by molar-refractivity contribution is 5.96. The van der Waals surface area contributed by atoms with Crippen LogP contribution in [-0.2, 0) is 14.2 Å². The Morgan fingerprint density at radius 2 is 2.00 bits per heavy atom. The maximum Gasteiger partial charge on any atom is 0.177 e. The van der Waals surface area contributed by atoms with E-state index in [-0.39, 0.29) is 36.2 Å². The highest BCUT2D eigenvalue weighted by atomic mass is 16.5. The molecule has 7 rings (SSSR count). The van der Waals surface area contributed by atoms with Crippen LogP contribution in [0.4, 0.5) is 11.5 Å². The van der Waals surface area contributed by atoms with Crippen molar-refractivity contribution in [3.05, 3.63) is 24.0 Å². The van der Waals surface area contributed by atoms with Crippen LogP contribution in [0.3, 0.4) is 0 Å². The topological polar surface area (TPSA) is 106 Å².